The first kappa shape index (κ1) is 24.4. The molecule has 1 aromatic heterocycles. The molecule has 2 aromatic carbocycles. The molecular weight excluding hydrogens is 438 g/mol. The second kappa shape index (κ2) is 11.1. The molecule has 7 heteroatoms. The van der Waals surface area contributed by atoms with Crippen LogP contribution >= 0.6 is 0 Å². The molecule has 2 N–H and O–H groups in total. The number of aryl methyl sites for hydroxylation is 3. The fraction of sp³-hybridized carbons (Fsp3) is 0.321. The largest absolute Gasteiger partial charge is 0.369 e. The van der Waals surface area contributed by atoms with Gasteiger partial charge in [0.15, 0.2) is 0 Å². The van der Waals surface area contributed by atoms with Crippen molar-refractivity contribution in [2.75, 3.05) is 42.9 Å². The molecule has 2 amide bonds. The zero-order chi connectivity index (χ0) is 24.8. The van der Waals surface area contributed by atoms with Crippen LogP contribution in [0.1, 0.15) is 28.3 Å². The highest BCUT2D eigenvalue weighted by molar-refractivity contribution is 6.39. The molecule has 0 unspecified atom stereocenters. The lowest BCUT2D eigenvalue weighted by molar-refractivity contribution is -0.136. The van der Waals surface area contributed by atoms with Gasteiger partial charge in [0.05, 0.1) is 6.04 Å². The molecule has 1 atom stereocenters. The minimum atomic E-state index is -0.654. The maximum Gasteiger partial charge on any atom is 0.313 e. The summed E-state index contributed by atoms with van der Waals surface area (Å²) in [5.41, 5.74) is 5.93. The quantitative estimate of drug-likeness (QED) is 0.537. The Morgan fingerprint density at radius 2 is 1.60 bits per heavy atom. The number of benzene rings is 2. The van der Waals surface area contributed by atoms with Crippen molar-refractivity contribution < 1.29 is 9.59 Å². The molecule has 3 aromatic rings. The normalized spacial score (nSPS) is 14.9. The van der Waals surface area contributed by atoms with Crippen molar-refractivity contribution in [1.29, 1.82) is 0 Å². The molecule has 0 radical (unpaired) electrons. The number of aromatic nitrogens is 1. The Kier molecular flexibility index (Phi) is 7.77. The standard InChI is InChI=1S/C28H33N5O2/c1-20-16-21(2)26(22(3)17-20)31-28(35)27(34)30-19-25(23-8-7-11-29-18-23)33-14-12-32(13-15-33)24-9-5-4-6-10-24/h4-11,16-18,25H,12-15,19H2,1-3H3,(H,30,34)(H,31,35)/t25-/m0/s1. The second-order valence-electron chi connectivity index (χ2n) is 9.10. The van der Waals surface area contributed by atoms with Gasteiger partial charge < -0.3 is 15.5 Å². The minimum Gasteiger partial charge on any atom is -0.369 e. The number of carbonyl (C=O) groups is 2. The van der Waals surface area contributed by atoms with Gasteiger partial charge in [-0.1, -0.05) is 42.0 Å². The predicted octanol–water partition coefficient (Wildman–Crippen LogP) is 3.63. The fourth-order valence-corrected chi connectivity index (χ4v) is 4.78. The molecule has 0 spiro atoms. The first-order valence-corrected chi connectivity index (χ1v) is 12.0. The van der Waals surface area contributed by atoms with Gasteiger partial charge in [-0.2, -0.15) is 0 Å². The van der Waals surface area contributed by atoms with Gasteiger partial charge in [-0.25, -0.2) is 0 Å². The van der Waals surface area contributed by atoms with E-state index in [-0.39, 0.29) is 6.04 Å². The van der Waals surface area contributed by atoms with Crippen LogP contribution in [0.4, 0.5) is 11.4 Å². The number of para-hydroxylation sites is 1. The van der Waals surface area contributed by atoms with Crippen molar-refractivity contribution >= 4 is 23.2 Å². The monoisotopic (exact) mass is 471 g/mol. The number of nitrogens with one attached hydrogen (secondary N) is 2. The van der Waals surface area contributed by atoms with Gasteiger partial charge in [-0.05, 0) is 55.7 Å². The molecule has 0 bridgehead atoms. The number of hydrogen-bond donors (Lipinski definition) is 2. The van der Waals surface area contributed by atoms with Crippen molar-refractivity contribution in [2.45, 2.75) is 26.8 Å². The van der Waals surface area contributed by atoms with Gasteiger partial charge in [-0.3, -0.25) is 19.5 Å². The van der Waals surface area contributed by atoms with Crippen LogP contribution < -0.4 is 15.5 Å². The summed E-state index contributed by atoms with van der Waals surface area (Å²) in [5.74, 6) is -1.29. The number of rotatable bonds is 6. The number of piperazine rings is 1. The number of amides is 2. The summed E-state index contributed by atoms with van der Waals surface area (Å²) < 4.78 is 0. The van der Waals surface area contributed by atoms with Gasteiger partial charge in [0.1, 0.15) is 0 Å². The van der Waals surface area contributed by atoms with E-state index in [0.717, 1.165) is 48.4 Å². The first-order valence-electron chi connectivity index (χ1n) is 12.0. The van der Waals surface area contributed by atoms with E-state index < -0.39 is 11.8 Å². The third kappa shape index (κ3) is 6.05. The Morgan fingerprint density at radius 1 is 0.914 bits per heavy atom. The number of hydrogen-bond acceptors (Lipinski definition) is 5. The summed E-state index contributed by atoms with van der Waals surface area (Å²) in [4.78, 5) is 34.4. The SMILES string of the molecule is Cc1cc(C)c(NC(=O)C(=O)NC[C@@H](c2cccnc2)N2CCN(c3ccccc3)CC2)c(C)c1. The average molecular weight is 472 g/mol. The van der Waals surface area contributed by atoms with E-state index in [9.17, 15) is 9.59 Å². The third-order valence-corrected chi connectivity index (χ3v) is 6.52. The Labute approximate surface area is 207 Å². The molecule has 4 rings (SSSR count). The highest BCUT2D eigenvalue weighted by Crippen LogP contribution is 2.24. The van der Waals surface area contributed by atoms with Crippen LogP contribution in [0.3, 0.4) is 0 Å². The van der Waals surface area contributed by atoms with Crippen LogP contribution in [-0.2, 0) is 9.59 Å². The Hall–Kier alpha value is -3.71. The summed E-state index contributed by atoms with van der Waals surface area (Å²) in [5, 5.41) is 5.65. The van der Waals surface area contributed by atoms with Gasteiger partial charge in [0.25, 0.3) is 0 Å². The second-order valence-corrected chi connectivity index (χ2v) is 9.10. The van der Waals surface area contributed by atoms with Crippen LogP contribution in [-0.4, -0.2) is 54.4 Å². The molecular formula is C28H33N5O2. The Bertz CT molecular complexity index is 1140. The van der Waals surface area contributed by atoms with Crippen molar-refractivity contribution in [2.24, 2.45) is 0 Å². The van der Waals surface area contributed by atoms with Crippen molar-refractivity contribution in [1.82, 2.24) is 15.2 Å². The zero-order valence-electron chi connectivity index (χ0n) is 20.6. The molecule has 1 aliphatic heterocycles. The molecule has 0 saturated carbocycles. The molecule has 182 valence electrons. The lowest BCUT2D eigenvalue weighted by Crippen LogP contribution is -2.50. The van der Waals surface area contributed by atoms with Crippen LogP contribution in [0.15, 0.2) is 67.0 Å². The number of carbonyl (C=O) groups excluding carboxylic acids is 2. The van der Waals surface area contributed by atoms with Crippen LogP contribution in [0.25, 0.3) is 0 Å². The molecule has 1 saturated heterocycles. The van der Waals surface area contributed by atoms with Crippen molar-refractivity contribution in [3.63, 3.8) is 0 Å². The highest BCUT2D eigenvalue weighted by atomic mass is 16.2. The van der Waals surface area contributed by atoms with E-state index in [1.165, 1.54) is 5.69 Å². The number of nitrogens with zero attached hydrogens (tertiary/aromatic N) is 3. The minimum absolute atomic E-state index is 0.0683. The van der Waals surface area contributed by atoms with E-state index in [1.54, 1.807) is 6.20 Å². The topological polar surface area (TPSA) is 77.6 Å². The van der Waals surface area contributed by atoms with Crippen LogP contribution in [0, 0.1) is 20.8 Å². The van der Waals surface area contributed by atoms with Crippen LogP contribution in [0.2, 0.25) is 0 Å². The zero-order valence-corrected chi connectivity index (χ0v) is 20.6. The van der Waals surface area contributed by atoms with E-state index >= 15 is 0 Å². The van der Waals surface area contributed by atoms with E-state index in [0.29, 0.717) is 12.2 Å². The van der Waals surface area contributed by atoms with E-state index in [4.69, 9.17) is 0 Å². The fourth-order valence-electron chi connectivity index (χ4n) is 4.78. The third-order valence-electron chi connectivity index (χ3n) is 6.52. The predicted molar refractivity (Wildman–Crippen MR) is 139 cm³/mol. The molecule has 1 aliphatic rings. The maximum atomic E-state index is 12.7. The van der Waals surface area contributed by atoms with Gasteiger partial charge in [0.2, 0.25) is 0 Å². The van der Waals surface area contributed by atoms with Crippen molar-refractivity contribution in [3.05, 3.63) is 89.2 Å². The lowest BCUT2D eigenvalue weighted by atomic mass is 10.0. The van der Waals surface area contributed by atoms with Crippen molar-refractivity contribution in [3.8, 4) is 0 Å². The Morgan fingerprint density at radius 3 is 2.23 bits per heavy atom. The van der Waals surface area contributed by atoms with Crippen LogP contribution in [0.5, 0.6) is 0 Å². The van der Waals surface area contributed by atoms with E-state index in [2.05, 4.69) is 49.7 Å². The average Bonchev–Trinajstić information content (AvgIpc) is 2.87. The smallest absolute Gasteiger partial charge is 0.313 e. The van der Waals surface area contributed by atoms with Gasteiger partial charge in [0, 0.05) is 56.5 Å². The molecule has 2 heterocycles. The summed E-state index contributed by atoms with van der Waals surface area (Å²) in [6, 6.07) is 18.2. The summed E-state index contributed by atoms with van der Waals surface area (Å²) in [6.07, 6.45) is 3.58. The molecule has 0 aliphatic carbocycles. The van der Waals surface area contributed by atoms with Gasteiger partial charge >= 0.3 is 11.8 Å². The summed E-state index contributed by atoms with van der Waals surface area (Å²) in [7, 11) is 0. The molecule has 35 heavy (non-hydrogen) atoms. The van der Waals surface area contributed by atoms with E-state index in [1.807, 2.05) is 57.3 Å². The molecule has 7 nitrogen and oxygen atoms in total. The number of pyridine rings is 1. The number of anilines is 2. The van der Waals surface area contributed by atoms with Gasteiger partial charge in [-0.15, -0.1) is 0 Å². The maximum absolute atomic E-state index is 12.7. The summed E-state index contributed by atoms with van der Waals surface area (Å²) >= 11 is 0. The first-order chi connectivity index (χ1) is 16.9. The molecule has 1 fully saturated rings. The Balaban J connectivity index is 1.40. The summed E-state index contributed by atoms with van der Waals surface area (Å²) in [6.45, 7) is 9.67. The highest BCUT2D eigenvalue weighted by Gasteiger charge is 2.27. The lowest BCUT2D eigenvalue weighted by Gasteiger charge is -2.40.